The molecule has 7 nitrogen and oxygen atoms in total. The normalized spacial score (nSPS) is 11.5. The van der Waals surface area contributed by atoms with Gasteiger partial charge in [-0.2, -0.15) is 5.10 Å². The summed E-state index contributed by atoms with van der Waals surface area (Å²) in [7, 11) is 0. The van der Waals surface area contributed by atoms with Crippen molar-refractivity contribution in [3.05, 3.63) is 72.0 Å². The number of rotatable bonds is 7. The minimum absolute atomic E-state index is 0.144. The zero-order chi connectivity index (χ0) is 19.9. The van der Waals surface area contributed by atoms with Crippen LogP contribution in [0.25, 0.3) is 0 Å². The van der Waals surface area contributed by atoms with E-state index >= 15 is 0 Å². The summed E-state index contributed by atoms with van der Waals surface area (Å²) < 4.78 is 6.98. The number of hydrogen-bond donors (Lipinski definition) is 2. The van der Waals surface area contributed by atoms with Crippen molar-refractivity contribution in [1.29, 1.82) is 0 Å². The molecule has 2 N–H and O–H groups in total. The quantitative estimate of drug-likeness (QED) is 0.634. The number of benzene rings is 2. The van der Waals surface area contributed by atoms with Crippen LogP contribution in [0.5, 0.6) is 5.75 Å². The Bertz CT molecular complexity index is 942. The van der Waals surface area contributed by atoms with Gasteiger partial charge in [0.05, 0.1) is 0 Å². The summed E-state index contributed by atoms with van der Waals surface area (Å²) in [5.41, 5.74) is 1.12. The third kappa shape index (κ3) is 5.34. The molecule has 1 heterocycles. The van der Waals surface area contributed by atoms with E-state index in [0.717, 1.165) is 0 Å². The predicted molar refractivity (Wildman–Crippen MR) is 108 cm³/mol. The number of halogens is 1. The van der Waals surface area contributed by atoms with Crippen LogP contribution in [-0.2, 0) is 9.59 Å². The second-order valence-electron chi connectivity index (χ2n) is 6.02. The zero-order valence-electron chi connectivity index (χ0n) is 15.1. The molecule has 0 saturated heterocycles. The molecule has 2 aromatic carbocycles. The van der Waals surface area contributed by atoms with Crippen LogP contribution in [0, 0.1) is 0 Å². The van der Waals surface area contributed by atoms with Crippen molar-refractivity contribution in [3.8, 4) is 5.75 Å². The standard InChI is InChI=1S/C20H19ClN4O3/c1-14(25-11-3-10-22-25)20(27)24-17-5-2-4-16(12-17)23-19(26)13-28-18-8-6-15(21)7-9-18/h2-12,14H,13H2,1H3,(H,23,26)(H,24,27). The first-order chi connectivity index (χ1) is 13.5. The van der Waals surface area contributed by atoms with E-state index in [1.54, 1.807) is 78.6 Å². The first kappa shape index (κ1) is 19.4. The van der Waals surface area contributed by atoms with Crippen LogP contribution in [0.2, 0.25) is 5.02 Å². The molecule has 0 aliphatic carbocycles. The molecule has 0 saturated carbocycles. The maximum absolute atomic E-state index is 12.3. The Labute approximate surface area is 167 Å². The monoisotopic (exact) mass is 398 g/mol. The molecule has 1 unspecified atom stereocenters. The summed E-state index contributed by atoms with van der Waals surface area (Å²) in [6.07, 6.45) is 3.34. The molecule has 3 rings (SSSR count). The second kappa shape index (κ2) is 9.05. The smallest absolute Gasteiger partial charge is 0.262 e. The van der Waals surface area contributed by atoms with Crippen molar-refractivity contribution in [1.82, 2.24) is 9.78 Å². The summed E-state index contributed by atoms with van der Waals surface area (Å²) in [5, 5.41) is 10.2. The minimum Gasteiger partial charge on any atom is -0.484 e. The summed E-state index contributed by atoms with van der Waals surface area (Å²) >= 11 is 5.81. The van der Waals surface area contributed by atoms with Crippen molar-refractivity contribution in [2.45, 2.75) is 13.0 Å². The molecule has 0 bridgehead atoms. The number of nitrogens with zero attached hydrogens (tertiary/aromatic N) is 2. The van der Waals surface area contributed by atoms with Gasteiger partial charge in [0.25, 0.3) is 5.91 Å². The minimum atomic E-state index is -0.457. The SMILES string of the molecule is CC(C(=O)Nc1cccc(NC(=O)COc2ccc(Cl)cc2)c1)n1cccn1. The van der Waals surface area contributed by atoms with Crippen molar-refractivity contribution < 1.29 is 14.3 Å². The molecule has 28 heavy (non-hydrogen) atoms. The molecule has 2 amide bonds. The van der Waals surface area contributed by atoms with Crippen LogP contribution in [0.15, 0.2) is 67.0 Å². The Morgan fingerprint density at radius 2 is 1.82 bits per heavy atom. The van der Waals surface area contributed by atoms with E-state index in [9.17, 15) is 9.59 Å². The molecule has 1 atom stereocenters. The summed E-state index contributed by atoms with van der Waals surface area (Å²) in [5.74, 6) is 0.0229. The third-order valence-corrected chi connectivity index (χ3v) is 4.15. The molecule has 0 spiro atoms. The second-order valence-corrected chi connectivity index (χ2v) is 6.46. The Morgan fingerprint density at radius 3 is 2.50 bits per heavy atom. The molecule has 0 aliphatic heterocycles. The topological polar surface area (TPSA) is 85.3 Å². The largest absolute Gasteiger partial charge is 0.484 e. The van der Waals surface area contributed by atoms with Gasteiger partial charge in [0, 0.05) is 28.8 Å². The maximum atomic E-state index is 12.3. The number of carbonyl (C=O) groups is 2. The Morgan fingerprint density at radius 1 is 1.11 bits per heavy atom. The van der Waals surface area contributed by atoms with Crippen LogP contribution in [0.3, 0.4) is 0 Å². The van der Waals surface area contributed by atoms with Crippen molar-refractivity contribution in [2.75, 3.05) is 17.2 Å². The first-order valence-electron chi connectivity index (χ1n) is 8.59. The maximum Gasteiger partial charge on any atom is 0.262 e. The molecule has 8 heteroatoms. The molecule has 0 aliphatic rings. The Kier molecular flexibility index (Phi) is 6.29. The highest BCUT2D eigenvalue weighted by Crippen LogP contribution is 2.18. The van der Waals surface area contributed by atoms with E-state index in [-0.39, 0.29) is 18.4 Å². The average molecular weight is 399 g/mol. The lowest BCUT2D eigenvalue weighted by Crippen LogP contribution is -2.24. The van der Waals surface area contributed by atoms with Crippen molar-refractivity contribution >= 4 is 34.8 Å². The van der Waals surface area contributed by atoms with E-state index in [1.807, 2.05) is 0 Å². The number of amides is 2. The Balaban J connectivity index is 1.54. The molecule has 1 aromatic heterocycles. The van der Waals surface area contributed by atoms with E-state index in [4.69, 9.17) is 16.3 Å². The van der Waals surface area contributed by atoms with Gasteiger partial charge in [0.15, 0.2) is 6.61 Å². The van der Waals surface area contributed by atoms with Gasteiger partial charge in [-0.05, 0) is 55.5 Å². The van der Waals surface area contributed by atoms with Crippen LogP contribution in [0.4, 0.5) is 11.4 Å². The lowest BCUT2D eigenvalue weighted by atomic mass is 10.2. The van der Waals surface area contributed by atoms with Gasteiger partial charge in [0.2, 0.25) is 5.91 Å². The number of aromatic nitrogens is 2. The lowest BCUT2D eigenvalue weighted by Gasteiger charge is -2.13. The highest BCUT2D eigenvalue weighted by atomic mass is 35.5. The predicted octanol–water partition coefficient (Wildman–Crippen LogP) is 3.75. The average Bonchev–Trinajstić information content (AvgIpc) is 3.22. The number of hydrogen-bond acceptors (Lipinski definition) is 4. The molecule has 0 fully saturated rings. The van der Waals surface area contributed by atoms with Gasteiger partial charge in [-0.25, -0.2) is 0 Å². The first-order valence-corrected chi connectivity index (χ1v) is 8.97. The number of anilines is 2. The van der Waals surface area contributed by atoms with Crippen LogP contribution >= 0.6 is 11.6 Å². The molecule has 144 valence electrons. The third-order valence-electron chi connectivity index (χ3n) is 3.90. The van der Waals surface area contributed by atoms with E-state index < -0.39 is 6.04 Å². The highest BCUT2D eigenvalue weighted by Gasteiger charge is 2.15. The zero-order valence-corrected chi connectivity index (χ0v) is 15.9. The van der Waals surface area contributed by atoms with E-state index in [0.29, 0.717) is 22.1 Å². The van der Waals surface area contributed by atoms with Gasteiger partial charge < -0.3 is 15.4 Å². The van der Waals surface area contributed by atoms with E-state index in [2.05, 4.69) is 15.7 Å². The van der Waals surface area contributed by atoms with Gasteiger partial charge in [-0.3, -0.25) is 14.3 Å². The molecular weight excluding hydrogens is 380 g/mol. The van der Waals surface area contributed by atoms with Gasteiger partial charge in [-0.1, -0.05) is 17.7 Å². The van der Waals surface area contributed by atoms with Gasteiger partial charge in [-0.15, -0.1) is 0 Å². The summed E-state index contributed by atoms with van der Waals surface area (Å²) in [6.45, 7) is 1.61. The van der Waals surface area contributed by atoms with Crippen LogP contribution < -0.4 is 15.4 Å². The number of ether oxygens (including phenoxy) is 1. The van der Waals surface area contributed by atoms with E-state index in [1.165, 1.54) is 0 Å². The van der Waals surface area contributed by atoms with Crippen molar-refractivity contribution in [2.24, 2.45) is 0 Å². The number of carbonyl (C=O) groups excluding carboxylic acids is 2. The fraction of sp³-hybridized carbons (Fsp3) is 0.150. The lowest BCUT2D eigenvalue weighted by molar-refractivity contribution is -0.119. The van der Waals surface area contributed by atoms with Crippen molar-refractivity contribution in [3.63, 3.8) is 0 Å². The number of nitrogens with one attached hydrogen (secondary N) is 2. The van der Waals surface area contributed by atoms with Gasteiger partial charge in [0.1, 0.15) is 11.8 Å². The fourth-order valence-electron chi connectivity index (χ4n) is 2.43. The van der Waals surface area contributed by atoms with Crippen LogP contribution in [-0.4, -0.2) is 28.2 Å². The fourth-order valence-corrected chi connectivity index (χ4v) is 2.55. The highest BCUT2D eigenvalue weighted by molar-refractivity contribution is 6.30. The Hall–Kier alpha value is -3.32. The molecular formula is C20H19ClN4O3. The van der Waals surface area contributed by atoms with Crippen LogP contribution in [0.1, 0.15) is 13.0 Å². The molecule has 3 aromatic rings. The molecule has 0 radical (unpaired) electrons. The summed E-state index contributed by atoms with van der Waals surface area (Å²) in [4.78, 5) is 24.4. The van der Waals surface area contributed by atoms with Gasteiger partial charge >= 0.3 is 0 Å². The summed E-state index contributed by atoms with van der Waals surface area (Å²) in [6, 6.07) is 14.9.